The van der Waals surface area contributed by atoms with Crippen LogP contribution in [-0.2, 0) is 9.84 Å². The van der Waals surface area contributed by atoms with E-state index < -0.39 is 9.84 Å². The first-order valence-corrected chi connectivity index (χ1v) is 9.51. The van der Waals surface area contributed by atoms with E-state index in [1.54, 1.807) is 13.8 Å². The molecule has 3 atom stereocenters. The molecule has 0 saturated heterocycles. The van der Waals surface area contributed by atoms with E-state index in [1.807, 2.05) is 7.05 Å². The number of hydrogen-bond donors (Lipinski definition) is 1. The molecular formula is C15H31NO2S. The number of rotatable bonds is 7. The summed E-state index contributed by atoms with van der Waals surface area (Å²) in [5.74, 6) is 1.69. The van der Waals surface area contributed by atoms with Crippen LogP contribution in [0.2, 0.25) is 0 Å². The van der Waals surface area contributed by atoms with E-state index in [4.69, 9.17) is 0 Å². The lowest BCUT2D eigenvalue weighted by molar-refractivity contribution is 0.197. The maximum atomic E-state index is 12.0. The van der Waals surface area contributed by atoms with Gasteiger partial charge in [-0.05, 0) is 58.4 Å². The normalized spacial score (nSPS) is 28.8. The Morgan fingerprint density at radius 3 is 2.42 bits per heavy atom. The average Bonchev–Trinajstić information content (AvgIpc) is 2.37. The van der Waals surface area contributed by atoms with Crippen LogP contribution in [0.1, 0.15) is 59.3 Å². The summed E-state index contributed by atoms with van der Waals surface area (Å²) in [4.78, 5) is 0. The van der Waals surface area contributed by atoms with Crippen molar-refractivity contribution in [2.75, 3.05) is 12.8 Å². The fourth-order valence-corrected chi connectivity index (χ4v) is 4.38. The molecule has 0 heterocycles. The molecule has 1 fully saturated rings. The van der Waals surface area contributed by atoms with Crippen molar-refractivity contribution in [3.8, 4) is 0 Å². The maximum Gasteiger partial charge on any atom is 0.152 e. The third-order valence-corrected chi connectivity index (χ3v) is 6.89. The first-order chi connectivity index (χ1) is 8.90. The summed E-state index contributed by atoms with van der Waals surface area (Å²) in [6, 6.07) is 0.510. The number of nitrogens with one attached hydrogen (secondary N) is 1. The summed E-state index contributed by atoms with van der Waals surface area (Å²) < 4.78 is 23.9. The molecule has 1 aliphatic carbocycles. The highest BCUT2D eigenvalue weighted by Gasteiger charge is 2.30. The standard InChI is InChI=1S/C15H31NO2S/c1-5-6-13-7-8-15(16-4)14(11-13)9-10-19(17,18)12(2)3/h12-16H,5-11H2,1-4H3. The van der Waals surface area contributed by atoms with E-state index in [2.05, 4.69) is 12.2 Å². The van der Waals surface area contributed by atoms with Crippen LogP contribution in [0.25, 0.3) is 0 Å². The summed E-state index contributed by atoms with van der Waals surface area (Å²) in [6.45, 7) is 5.81. The highest BCUT2D eigenvalue weighted by molar-refractivity contribution is 7.91. The Labute approximate surface area is 119 Å². The fraction of sp³-hybridized carbons (Fsp3) is 1.00. The SMILES string of the molecule is CCCC1CCC(NC)C(CCS(=O)(=O)C(C)C)C1. The molecule has 114 valence electrons. The van der Waals surface area contributed by atoms with Crippen molar-refractivity contribution in [3.05, 3.63) is 0 Å². The zero-order valence-corrected chi connectivity index (χ0v) is 13.8. The molecular weight excluding hydrogens is 258 g/mol. The lowest BCUT2D eigenvalue weighted by atomic mass is 9.75. The van der Waals surface area contributed by atoms with Gasteiger partial charge in [-0.1, -0.05) is 19.8 Å². The highest BCUT2D eigenvalue weighted by atomic mass is 32.2. The Morgan fingerprint density at radius 1 is 1.21 bits per heavy atom. The van der Waals surface area contributed by atoms with Crippen molar-refractivity contribution in [1.82, 2.24) is 5.32 Å². The molecule has 1 N–H and O–H groups in total. The van der Waals surface area contributed by atoms with E-state index in [0.717, 1.165) is 12.3 Å². The quantitative estimate of drug-likeness (QED) is 0.783. The van der Waals surface area contributed by atoms with Crippen LogP contribution in [0.3, 0.4) is 0 Å². The van der Waals surface area contributed by atoms with Gasteiger partial charge < -0.3 is 5.32 Å². The van der Waals surface area contributed by atoms with Crippen molar-refractivity contribution in [2.24, 2.45) is 11.8 Å². The Kier molecular flexibility index (Phi) is 6.81. The second kappa shape index (κ2) is 7.63. The van der Waals surface area contributed by atoms with Crippen LogP contribution in [0.4, 0.5) is 0 Å². The molecule has 3 nitrogen and oxygen atoms in total. The summed E-state index contributed by atoms with van der Waals surface area (Å²) in [5, 5.41) is 3.15. The summed E-state index contributed by atoms with van der Waals surface area (Å²) >= 11 is 0. The van der Waals surface area contributed by atoms with E-state index in [1.165, 1.54) is 32.1 Å². The largest absolute Gasteiger partial charge is 0.317 e. The van der Waals surface area contributed by atoms with Gasteiger partial charge in [0, 0.05) is 6.04 Å². The van der Waals surface area contributed by atoms with Crippen LogP contribution in [0.5, 0.6) is 0 Å². The Morgan fingerprint density at radius 2 is 1.89 bits per heavy atom. The second-order valence-corrected chi connectivity index (χ2v) is 9.00. The molecule has 0 amide bonds. The number of sulfone groups is 1. The predicted octanol–water partition coefficient (Wildman–Crippen LogP) is 3.00. The molecule has 0 aromatic rings. The topological polar surface area (TPSA) is 46.2 Å². The fourth-order valence-electron chi connectivity index (χ4n) is 3.28. The Balaban J connectivity index is 2.56. The molecule has 0 aromatic heterocycles. The lowest BCUT2D eigenvalue weighted by Crippen LogP contribution is -2.39. The third kappa shape index (κ3) is 5.07. The molecule has 0 radical (unpaired) electrons. The Bertz CT molecular complexity index is 351. The van der Waals surface area contributed by atoms with Crippen LogP contribution < -0.4 is 5.32 Å². The molecule has 0 spiro atoms. The molecule has 0 bridgehead atoms. The molecule has 1 rings (SSSR count). The molecule has 1 saturated carbocycles. The third-order valence-electron chi connectivity index (χ3n) is 4.65. The first-order valence-electron chi connectivity index (χ1n) is 7.79. The van der Waals surface area contributed by atoms with Gasteiger partial charge in [-0.15, -0.1) is 0 Å². The molecule has 19 heavy (non-hydrogen) atoms. The van der Waals surface area contributed by atoms with Gasteiger partial charge in [-0.2, -0.15) is 0 Å². The molecule has 4 heteroatoms. The minimum absolute atomic E-state index is 0.240. The smallest absolute Gasteiger partial charge is 0.152 e. The van der Waals surface area contributed by atoms with Crippen molar-refractivity contribution in [2.45, 2.75) is 70.6 Å². The van der Waals surface area contributed by atoms with Crippen molar-refractivity contribution in [3.63, 3.8) is 0 Å². The minimum Gasteiger partial charge on any atom is -0.317 e. The summed E-state index contributed by atoms with van der Waals surface area (Å²) in [6.07, 6.45) is 7.06. The Hall–Kier alpha value is -0.0900. The zero-order chi connectivity index (χ0) is 14.5. The lowest BCUT2D eigenvalue weighted by Gasteiger charge is -2.36. The van der Waals surface area contributed by atoms with Gasteiger partial charge in [0.25, 0.3) is 0 Å². The van der Waals surface area contributed by atoms with Crippen molar-refractivity contribution in [1.29, 1.82) is 0 Å². The predicted molar refractivity (Wildman–Crippen MR) is 82.1 cm³/mol. The minimum atomic E-state index is -2.89. The monoisotopic (exact) mass is 289 g/mol. The van der Waals surface area contributed by atoms with Gasteiger partial charge in [-0.3, -0.25) is 0 Å². The maximum absolute atomic E-state index is 12.0. The second-order valence-electron chi connectivity index (χ2n) is 6.33. The van der Waals surface area contributed by atoms with Crippen LogP contribution >= 0.6 is 0 Å². The first kappa shape index (κ1) is 17.0. The molecule has 0 aliphatic heterocycles. The van der Waals surface area contributed by atoms with Gasteiger partial charge in [0.15, 0.2) is 9.84 Å². The highest BCUT2D eigenvalue weighted by Crippen LogP contribution is 2.34. The summed E-state index contributed by atoms with van der Waals surface area (Å²) in [7, 11) is -0.878. The van der Waals surface area contributed by atoms with Crippen LogP contribution in [0.15, 0.2) is 0 Å². The molecule has 1 aliphatic rings. The van der Waals surface area contributed by atoms with Crippen molar-refractivity contribution >= 4 is 9.84 Å². The van der Waals surface area contributed by atoms with E-state index in [0.29, 0.717) is 17.7 Å². The summed E-state index contributed by atoms with van der Waals surface area (Å²) in [5.41, 5.74) is 0. The van der Waals surface area contributed by atoms with Crippen LogP contribution in [0, 0.1) is 11.8 Å². The van der Waals surface area contributed by atoms with Gasteiger partial charge in [-0.25, -0.2) is 8.42 Å². The average molecular weight is 289 g/mol. The van der Waals surface area contributed by atoms with Crippen molar-refractivity contribution < 1.29 is 8.42 Å². The van der Waals surface area contributed by atoms with E-state index in [-0.39, 0.29) is 5.25 Å². The van der Waals surface area contributed by atoms with Gasteiger partial charge in [0.1, 0.15) is 0 Å². The van der Waals surface area contributed by atoms with Gasteiger partial charge >= 0.3 is 0 Å². The van der Waals surface area contributed by atoms with Gasteiger partial charge in [0.2, 0.25) is 0 Å². The van der Waals surface area contributed by atoms with Crippen LogP contribution in [-0.4, -0.2) is 32.5 Å². The number of hydrogen-bond acceptors (Lipinski definition) is 3. The van der Waals surface area contributed by atoms with E-state index in [9.17, 15) is 8.42 Å². The van der Waals surface area contributed by atoms with Gasteiger partial charge in [0.05, 0.1) is 11.0 Å². The zero-order valence-electron chi connectivity index (χ0n) is 13.0. The molecule has 3 unspecified atom stereocenters. The van der Waals surface area contributed by atoms with E-state index >= 15 is 0 Å². The molecule has 0 aromatic carbocycles.